The number of carbonyl (C=O) groups excluding carboxylic acids is 3. The maximum atomic E-state index is 13.2. The summed E-state index contributed by atoms with van der Waals surface area (Å²) in [6.45, 7) is 1.57. The molecule has 2 amide bonds. The summed E-state index contributed by atoms with van der Waals surface area (Å²) in [4.78, 5) is 44.7. The van der Waals surface area contributed by atoms with Gasteiger partial charge in [-0.3, -0.25) is 19.5 Å². The molecule has 2 bridgehead atoms. The van der Waals surface area contributed by atoms with E-state index in [9.17, 15) is 14.4 Å². The van der Waals surface area contributed by atoms with Crippen molar-refractivity contribution in [3.05, 3.63) is 48.7 Å². The van der Waals surface area contributed by atoms with Crippen LogP contribution in [0.15, 0.2) is 48.7 Å². The van der Waals surface area contributed by atoms with Gasteiger partial charge >= 0.3 is 5.97 Å². The van der Waals surface area contributed by atoms with Crippen LogP contribution in [0.4, 0.5) is 0 Å². The topological polar surface area (TPSA) is 76.6 Å². The minimum atomic E-state index is -0.963. The number of likely N-dealkylation sites (tertiary alicyclic amines) is 1. The van der Waals surface area contributed by atoms with Gasteiger partial charge in [-0.2, -0.15) is 0 Å². The fraction of sp³-hybridized carbons (Fsp3) is 0.391. The maximum absolute atomic E-state index is 13.2. The molecule has 1 aromatic heterocycles. The molecule has 6 nitrogen and oxygen atoms in total. The second-order valence-electron chi connectivity index (χ2n) is 8.63. The zero-order valence-electron chi connectivity index (χ0n) is 15.9. The number of allylic oxidation sites excluding steroid dienone is 2. The molecule has 2 saturated carbocycles. The summed E-state index contributed by atoms with van der Waals surface area (Å²) in [5, 5.41) is 0.853. The molecule has 1 saturated heterocycles. The smallest absolute Gasteiger partial charge is 0.334 e. The second-order valence-corrected chi connectivity index (χ2v) is 8.63. The molecule has 1 aromatic carbocycles. The van der Waals surface area contributed by atoms with Gasteiger partial charge in [0.25, 0.3) is 0 Å². The largest absolute Gasteiger partial charge is 0.423 e. The fourth-order valence-electron chi connectivity index (χ4n) is 5.82. The fourth-order valence-corrected chi connectivity index (χ4v) is 5.82. The van der Waals surface area contributed by atoms with E-state index in [1.165, 1.54) is 0 Å². The summed E-state index contributed by atoms with van der Waals surface area (Å²) in [6, 6.07) is 8.08. The summed E-state index contributed by atoms with van der Waals surface area (Å²) in [5.41, 5.74) is 0.575. The second kappa shape index (κ2) is 5.75. The van der Waals surface area contributed by atoms with Crippen LogP contribution in [-0.4, -0.2) is 33.7 Å². The molecule has 7 atom stereocenters. The highest BCUT2D eigenvalue weighted by atomic mass is 16.5. The number of para-hydroxylation sites is 1. The Morgan fingerprint density at radius 2 is 1.72 bits per heavy atom. The number of pyridine rings is 1. The van der Waals surface area contributed by atoms with Crippen molar-refractivity contribution in [3.8, 4) is 5.75 Å². The van der Waals surface area contributed by atoms with Crippen LogP contribution >= 0.6 is 0 Å². The van der Waals surface area contributed by atoms with Crippen molar-refractivity contribution in [2.24, 2.45) is 35.5 Å². The van der Waals surface area contributed by atoms with Gasteiger partial charge in [0, 0.05) is 11.6 Å². The summed E-state index contributed by atoms with van der Waals surface area (Å²) >= 11 is 0. The average Bonchev–Trinajstić information content (AvgIpc) is 3.51. The number of ether oxygens (including phenoxy) is 1. The lowest BCUT2D eigenvalue weighted by atomic mass is 9.63. The summed E-state index contributed by atoms with van der Waals surface area (Å²) in [6.07, 6.45) is 7.00. The molecule has 6 heteroatoms. The average molecular weight is 388 g/mol. The van der Waals surface area contributed by atoms with Crippen LogP contribution < -0.4 is 4.74 Å². The van der Waals surface area contributed by atoms with Gasteiger partial charge in [0.1, 0.15) is 11.6 Å². The van der Waals surface area contributed by atoms with Crippen LogP contribution in [0, 0.1) is 35.5 Å². The first kappa shape index (κ1) is 16.9. The first-order valence-corrected chi connectivity index (χ1v) is 10.2. The number of nitrogens with zero attached hydrogens (tertiary/aromatic N) is 2. The van der Waals surface area contributed by atoms with Crippen molar-refractivity contribution in [3.63, 3.8) is 0 Å². The highest BCUT2D eigenvalue weighted by molar-refractivity contribution is 6.09. The zero-order chi connectivity index (χ0) is 19.9. The highest BCUT2D eigenvalue weighted by Crippen LogP contribution is 2.65. The summed E-state index contributed by atoms with van der Waals surface area (Å²) < 4.78 is 5.59. The number of imide groups is 1. The third kappa shape index (κ3) is 2.23. The Balaban J connectivity index is 1.27. The van der Waals surface area contributed by atoms with Gasteiger partial charge in [-0.25, -0.2) is 4.79 Å². The van der Waals surface area contributed by atoms with Crippen molar-refractivity contribution in [2.45, 2.75) is 19.4 Å². The zero-order valence-corrected chi connectivity index (χ0v) is 15.9. The van der Waals surface area contributed by atoms with Gasteiger partial charge in [-0.1, -0.05) is 30.4 Å². The minimum Gasteiger partial charge on any atom is -0.423 e. The van der Waals surface area contributed by atoms with Crippen LogP contribution in [0.5, 0.6) is 5.75 Å². The molecule has 146 valence electrons. The molecule has 29 heavy (non-hydrogen) atoms. The van der Waals surface area contributed by atoms with E-state index in [-0.39, 0.29) is 35.5 Å². The number of fused-ring (bicyclic) bond motifs is 1. The molecule has 0 unspecified atom stereocenters. The number of rotatable bonds is 3. The summed E-state index contributed by atoms with van der Waals surface area (Å²) in [7, 11) is 0. The highest BCUT2D eigenvalue weighted by Gasteiger charge is 2.67. The van der Waals surface area contributed by atoms with E-state index in [1.807, 2.05) is 18.2 Å². The number of esters is 1. The molecule has 3 fully saturated rings. The van der Waals surface area contributed by atoms with Gasteiger partial charge in [-0.15, -0.1) is 0 Å². The number of hydrogen-bond acceptors (Lipinski definition) is 5. The number of hydrogen-bond donors (Lipinski definition) is 0. The molecule has 0 radical (unpaired) electrons. The predicted octanol–water partition coefficient (Wildman–Crippen LogP) is 2.58. The van der Waals surface area contributed by atoms with E-state index < -0.39 is 12.0 Å². The Morgan fingerprint density at radius 3 is 2.41 bits per heavy atom. The molecule has 2 aromatic rings. The Hall–Kier alpha value is -3.02. The minimum absolute atomic E-state index is 0.141. The third-order valence-corrected chi connectivity index (χ3v) is 7.23. The van der Waals surface area contributed by atoms with Crippen LogP contribution in [0.25, 0.3) is 10.9 Å². The normalized spacial score (nSPS) is 34.9. The van der Waals surface area contributed by atoms with Crippen LogP contribution in [0.1, 0.15) is 13.3 Å². The molecule has 2 heterocycles. The van der Waals surface area contributed by atoms with Gasteiger partial charge in [0.15, 0.2) is 5.75 Å². The Labute approximate surface area is 167 Å². The van der Waals surface area contributed by atoms with E-state index >= 15 is 0 Å². The van der Waals surface area contributed by atoms with E-state index in [1.54, 1.807) is 25.3 Å². The number of benzene rings is 1. The maximum Gasteiger partial charge on any atom is 0.334 e. The Morgan fingerprint density at radius 1 is 1.07 bits per heavy atom. The van der Waals surface area contributed by atoms with Gasteiger partial charge in [0.05, 0.1) is 11.8 Å². The monoisotopic (exact) mass is 388 g/mol. The van der Waals surface area contributed by atoms with Gasteiger partial charge in [0.2, 0.25) is 11.8 Å². The third-order valence-electron chi connectivity index (χ3n) is 7.23. The molecule has 4 aliphatic carbocycles. The lowest BCUT2D eigenvalue weighted by Crippen LogP contribution is -2.45. The molecule has 7 rings (SSSR count). The molecule has 0 N–H and O–H groups in total. The van der Waals surface area contributed by atoms with Crippen LogP contribution in [0.2, 0.25) is 0 Å². The first-order chi connectivity index (χ1) is 14.1. The number of amides is 2. The molecule has 5 aliphatic rings. The Bertz CT molecular complexity index is 1070. The van der Waals surface area contributed by atoms with Crippen molar-refractivity contribution < 1.29 is 19.1 Å². The van der Waals surface area contributed by atoms with Crippen molar-refractivity contribution >= 4 is 28.7 Å². The van der Waals surface area contributed by atoms with Gasteiger partial charge < -0.3 is 4.74 Å². The van der Waals surface area contributed by atoms with Gasteiger partial charge in [-0.05, 0) is 49.1 Å². The molecular formula is C23H20N2O4. The molecule has 1 aliphatic heterocycles. The van der Waals surface area contributed by atoms with Crippen molar-refractivity contribution in [1.29, 1.82) is 0 Å². The number of carbonyl (C=O) groups is 3. The van der Waals surface area contributed by atoms with E-state index in [2.05, 4.69) is 17.1 Å². The predicted molar refractivity (Wildman–Crippen MR) is 103 cm³/mol. The summed E-state index contributed by atoms with van der Waals surface area (Å²) in [5.74, 6) is 0.0121. The molecule has 0 spiro atoms. The van der Waals surface area contributed by atoms with E-state index in [0.717, 1.165) is 16.7 Å². The number of aromatic nitrogens is 1. The SMILES string of the molecule is C[C@H](C(=O)Oc1cccc2cccnc12)N1C(=O)[C@@H]2[C@H]3C=C[C@@H]([C@@H]4C[C@H]34)[C@H]2C1=O. The Kier molecular flexibility index (Phi) is 3.35. The lowest BCUT2D eigenvalue weighted by Gasteiger charge is -2.37. The van der Waals surface area contributed by atoms with Crippen molar-refractivity contribution in [2.75, 3.05) is 0 Å². The van der Waals surface area contributed by atoms with E-state index in [4.69, 9.17) is 4.74 Å². The first-order valence-electron chi connectivity index (χ1n) is 10.2. The standard InChI is InChI=1S/C23H20N2O4/c1-11(23(28)29-17-6-2-4-12-5-3-9-24-20(12)17)25-21(26)18-13-7-8-14(16-10-15(13)16)19(18)22(25)27/h2-9,11,13-16,18-19H,10H2,1H3/t11-,13+,14+,15-,16+,18-,19-/m1/s1. The van der Waals surface area contributed by atoms with Crippen LogP contribution in [-0.2, 0) is 14.4 Å². The lowest BCUT2D eigenvalue weighted by molar-refractivity contribution is -0.152. The van der Waals surface area contributed by atoms with Crippen molar-refractivity contribution in [1.82, 2.24) is 9.88 Å². The van der Waals surface area contributed by atoms with E-state index in [0.29, 0.717) is 23.1 Å². The van der Waals surface area contributed by atoms with Crippen LogP contribution in [0.3, 0.4) is 0 Å². The molecular weight excluding hydrogens is 368 g/mol. The quantitative estimate of drug-likeness (QED) is 0.350.